The lowest BCUT2D eigenvalue weighted by atomic mass is 9.93. The fourth-order valence-corrected chi connectivity index (χ4v) is 2.94. The van der Waals surface area contributed by atoms with Crippen LogP contribution in [0.5, 0.6) is 0 Å². The number of hydrogen-bond donors (Lipinski definition) is 1. The van der Waals surface area contributed by atoms with Crippen molar-refractivity contribution >= 4 is 0 Å². The zero-order chi connectivity index (χ0) is 15.0. The number of unbranched alkanes of at least 4 members (excludes halogenated alkanes) is 1. The summed E-state index contributed by atoms with van der Waals surface area (Å²) in [6.45, 7) is 8.58. The molecule has 0 aliphatic heterocycles. The fraction of sp³-hybridized carbons (Fsp3) is 0.684. The summed E-state index contributed by atoms with van der Waals surface area (Å²) in [4.78, 5) is 0. The van der Waals surface area contributed by atoms with E-state index in [9.17, 15) is 5.11 Å². The second-order valence-electron chi connectivity index (χ2n) is 6.42. The molecule has 0 heterocycles. The van der Waals surface area contributed by atoms with Crippen LogP contribution in [-0.4, -0.2) is 10.7 Å². The van der Waals surface area contributed by atoms with Gasteiger partial charge in [-0.15, -0.1) is 0 Å². The Balaban J connectivity index is 2.25. The topological polar surface area (TPSA) is 20.2 Å². The molecule has 0 aromatic heterocycles. The van der Waals surface area contributed by atoms with Crippen molar-refractivity contribution in [1.82, 2.24) is 0 Å². The van der Waals surface area contributed by atoms with E-state index >= 15 is 0 Å². The first-order valence-corrected chi connectivity index (χ1v) is 8.19. The zero-order valence-corrected chi connectivity index (χ0v) is 13.8. The van der Waals surface area contributed by atoms with Crippen molar-refractivity contribution in [3.63, 3.8) is 0 Å². The molecular weight excluding hydrogens is 244 g/mol. The van der Waals surface area contributed by atoms with E-state index in [1.807, 2.05) is 6.92 Å². The molecule has 1 nitrogen and oxygen atoms in total. The number of rotatable bonds is 8. The van der Waals surface area contributed by atoms with Crippen molar-refractivity contribution in [1.29, 1.82) is 0 Å². The summed E-state index contributed by atoms with van der Waals surface area (Å²) in [5.41, 5.74) is 3.65. The predicted molar refractivity (Wildman–Crippen MR) is 88.8 cm³/mol. The third-order valence-electron chi connectivity index (χ3n) is 4.37. The average Bonchev–Trinajstić information content (AvgIpc) is 2.66. The second kappa shape index (κ2) is 8.46. The van der Waals surface area contributed by atoms with Gasteiger partial charge in [0.25, 0.3) is 0 Å². The van der Waals surface area contributed by atoms with Gasteiger partial charge in [0.05, 0.1) is 5.60 Å². The van der Waals surface area contributed by atoms with E-state index in [4.69, 9.17) is 0 Å². The summed E-state index contributed by atoms with van der Waals surface area (Å²) in [5.74, 6) is 0. The Morgan fingerprint density at radius 2 is 1.95 bits per heavy atom. The molecule has 20 heavy (non-hydrogen) atoms. The van der Waals surface area contributed by atoms with Gasteiger partial charge in [-0.3, -0.25) is 0 Å². The molecule has 114 valence electrons. The monoisotopic (exact) mass is 276 g/mol. The van der Waals surface area contributed by atoms with Crippen LogP contribution < -0.4 is 0 Å². The molecule has 0 spiro atoms. The highest BCUT2D eigenvalue weighted by molar-refractivity contribution is 5.28. The van der Waals surface area contributed by atoms with Gasteiger partial charge < -0.3 is 5.11 Å². The first-order valence-electron chi connectivity index (χ1n) is 8.19. The molecule has 0 bridgehead atoms. The molecule has 1 aliphatic carbocycles. The average molecular weight is 276 g/mol. The minimum atomic E-state index is -0.544. The SMILES string of the molecule is CCC/C=C(\C)CC/C=C/CCC1=C(C)CCC1(C)O. The van der Waals surface area contributed by atoms with Gasteiger partial charge >= 0.3 is 0 Å². The molecule has 1 unspecified atom stereocenters. The van der Waals surface area contributed by atoms with Gasteiger partial charge in [-0.25, -0.2) is 0 Å². The van der Waals surface area contributed by atoms with Crippen molar-refractivity contribution in [2.75, 3.05) is 0 Å². The van der Waals surface area contributed by atoms with Crippen LogP contribution in [0.3, 0.4) is 0 Å². The van der Waals surface area contributed by atoms with E-state index in [1.54, 1.807) is 0 Å². The van der Waals surface area contributed by atoms with Gasteiger partial charge in [0.15, 0.2) is 0 Å². The molecule has 1 aliphatic rings. The van der Waals surface area contributed by atoms with Crippen LogP contribution in [0.15, 0.2) is 34.9 Å². The molecule has 1 heteroatoms. The minimum Gasteiger partial charge on any atom is -0.386 e. The molecule has 1 N–H and O–H groups in total. The van der Waals surface area contributed by atoms with Crippen molar-refractivity contribution in [3.8, 4) is 0 Å². The van der Waals surface area contributed by atoms with Crippen LogP contribution in [0.1, 0.15) is 79.1 Å². The highest BCUT2D eigenvalue weighted by atomic mass is 16.3. The maximum atomic E-state index is 10.3. The molecule has 1 atom stereocenters. The van der Waals surface area contributed by atoms with Gasteiger partial charge in [-0.2, -0.15) is 0 Å². The molecule has 0 saturated heterocycles. The van der Waals surface area contributed by atoms with E-state index in [0.29, 0.717) is 0 Å². The first kappa shape index (κ1) is 17.2. The Bertz CT molecular complexity index is 383. The quantitative estimate of drug-likeness (QED) is 0.563. The first-order chi connectivity index (χ1) is 9.47. The van der Waals surface area contributed by atoms with Gasteiger partial charge in [-0.05, 0) is 71.3 Å². The lowest BCUT2D eigenvalue weighted by Crippen LogP contribution is -2.22. The lowest BCUT2D eigenvalue weighted by molar-refractivity contribution is 0.0965. The molecule has 0 fully saturated rings. The summed E-state index contributed by atoms with van der Waals surface area (Å²) < 4.78 is 0. The number of allylic oxidation sites excluding steroid dienone is 5. The van der Waals surface area contributed by atoms with Crippen LogP contribution in [0, 0.1) is 0 Å². The van der Waals surface area contributed by atoms with E-state index in [0.717, 1.165) is 32.1 Å². The van der Waals surface area contributed by atoms with E-state index < -0.39 is 5.60 Å². The highest BCUT2D eigenvalue weighted by Gasteiger charge is 2.31. The summed E-state index contributed by atoms with van der Waals surface area (Å²) in [6.07, 6.45) is 15.7. The lowest BCUT2D eigenvalue weighted by Gasteiger charge is -2.21. The molecule has 0 aromatic rings. The summed E-state index contributed by atoms with van der Waals surface area (Å²) in [5, 5.41) is 10.3. The molecule has 0 amide bonds. The van der Waals surface area contributed by atoms with Crippen LogP contribution >= 0.6 is 0 Å². The number of aliphatic hydroxyl groups is 1. The Morgan fingerprint density at radius 1 is 1.25 bits per heavy atom. The second-order valence-corrected chi connectivity index (χ2v) is 6.42. The van der Waals surface area contributed by atoms with Gasteiger partial charge in [0, 0.05) is 0 Å². The van der Waals surface area contributed by atoms with Crippen molar-refractivity contribution in [3.05, 3.63) is 34.9 Å². The molecular formula is C19H32O. The normalized spacial score (nSPS) is 24.1. The highest BCUT2D eigenvalue weighted by Crippen LogP contribution is 2.37. The maximum absolute atomic E-state index is 10.3. The van der Waals surface area contributed by atoms with E-state index in [-0.39, 0.29) is 0 Å². The van der Waals surface area contributed by atoms with Crippen LogP contribution in [0.25, 0.3) is 0 Å². The van der Waals surface area contributed by atoms with E-state index in [1.165, 1.54) is 36.0 Å². The van der Waals surface area contributed by atoms with Crippen LogP contribution in [0.4, 0.5) is 0 Å². The summed E-state index contributed by atoms with van der Waals surface area (Å²) in [6, 6.07) is 0. The molecule has 0 aromatic carbocycles. The van der Waals surface area contributed by atoms with Crippen molar-refractivity contribution in [2.24, 2.45) is 0 Å². The van der Waals surface area contributed by atoms with Crippen molar-refractivity contribution < 1.29 is 5.11 Å². The molecule has 1 rings (SSSR count). The smallest absolute Gasteiger partial charge is 0.0834 e. The third-order valence-corrected chi connectivity index (χ3v) is 4.37. The Kier molecular flexibility index (Phi) is 7.29. The maximum Gasteiger partial charge on any atom is 0.0834 e. The fourth-order valence-electron chi connectivity index (χ4n) is 2.94. The Labute approximate surface area is 125 Å². The standard InChI is InChI=1S/C19H32O/c1-5-6-11-16(2)12-9-7-8-10-13-18-17(3)14-15-19(18,4)20/h7-8,11,20H,5-6,9-10,12-15H2,1-4H3/b8-7+,16-11+. The van der Waals surface area contributed by atoms with Gasteiger partial charge in [0.1, 0.15) is 0 Å². The summed E-state index contributed by atoms with van der Waals surface area (Å²) >= 11 is 0. The minimum absolute atomic E-state index is 0.544. The largest absolute Gasteiger partial charge is 0.386 e. The Hall–Kier alpha value is -0.820. The van der Waals surface area contributed by atoms with Crippen LogP contribution in [-0.2, 0) is 0 Å². The van der Waals surface area contributed by atoms with Crippen molar-refractivity contribution in [2.45, 2.75) is 84.7 Å². The Morgan fingerprint density at radius 3 is 2.55 bits per heavy atom. The molecule has 0 radical (unpaired) electrons. The number of hydrogen-bond acceptors (Lipinski definition) is 1. The predicted octanol–water partition coefficient (Wildman–Crippen LogP) is 5.71. The zero-order valence-electron chi connectivity index (χ0n) is 13.8. The van der Waals surface area contributed by atoms with Gasteiger partial charge in [0.2, 0.25) is 0 Å². The molecule has 0 saturated carbocycles. The van der Waals surface area contributed by atoms with Crippen LogP contribution in [0.2, 0.25) is 0 Å². The third kappa shape index (κ3) is 5.66. The summed E-state index contributed by atoms with van der Waals surface area (Å²) in [7, 11) is 0. The van der Waals surface area contributed by atoms with Gasteiger partial charge in [-0.1, -0.05) is 42.7 Å². The van der Waals surface area contributed by atoms with E-state index in [2.05, 4.69) is 39.0 Å².